The van der Waals surface area contributed by atoms with Crippen LogP contribution in [0.15, 0.2) is 0 Å². The zero-order chi connectivity index (χ0) is 15.5. The molecule has 4 aliphatic carbocycles. The lowest BCUT2D eigenvalue weighted by Crippen LogP contribution is -2.55. The Morgan fingerprint density at radius 3 is 2.73 bits per heavy atom. The van der Waals surface area contributed by atoms with E-state index < -0.39 is 0 Å². The lowest BCUT2D eigenvalue weighted by Gasteiger charge is -2.60. The van der Waals surface area contributed by atoms with Gasteiger partial charge in [-0.1, -0.05) is 22.9 Å². The number of hydrogen-bond acceptors (Lipinski definition) is 2. The van der Waals surface area contributed by atoms with Gasteiger partial charge >= 0.3 is 0 Å². The van der Waals surface area contributed by atoms with E-state index in [1.165, 1.54) is 25.7 Å². The van der Waals surface area contributed by atoms with Crippen LogP contribution in [-0.2, 0) is 4.79 Å². The Hall–Kier alpha value is 0.110. The van der Waals surface area contributed by atoms with Crippen LogP contribution in [0.3, 0.4) is 0 Å². The van der Waals surface area contributed by atoms with Gasteiger partial charge in [-0.15, -0.1) is 0 Å². The summed E-state index contributed by atoms with van der Waals surface area (Å²) < 4.78 is 0. The van der Waals surface area contributed by atoms with Crippen LogP contribution in [0.2, 0.25) is 0 Å². The largest absolute Gasteiger partial charge is 0.393 e. The molecule has 2 unspecified atom stereocenters. The summed E-state index contributed by atoms with van der Waals surface area (Å²) >= 11 is 3.70. The summed E-state index contributed by atoms with van der Waals surface area (Å²) in [5.74, 6) is 3.43. The van der Waals surface area contributed by atoms with E-state index in [0.717, 1.165) is 49.3 Å². The second kappa shape index (κ2) is 5.31. The number of rotatable bonds is 1. The monoisotopic (exact) mass is 368 g/mol. The van der Waals surface area contributed by atoms with Crippen molar-refractivity contribution in [2.24, 2.45) is 34.5 Å². The van der Waals surface area contributed by atoms with Crippen molar-refractivity contribution < 1.29 is 9.90 Å². The Balaban J connectivity index is 1.64. The number of carbonyl (C=O) groups is 1. The number of fused-ring (bicyclic) bond motifs is 5. The van der Waals surface area contributed by atoms with Gasteiger partial charge < -0.3 is 5.11 Å². The van der Waals surface area contributed by atoms with E-state index in [2.05, 4.69) is 22.9 Å². The highest BCUT2D eigenvalue weighted by molar-refractivity contribution is 9.09. The van der Waals surface area contributed by atoms with Crippen LogP contribution >= 0.6 is 15.9 Å². The first-order valence-electron chi connectivity index (χ1n) is 9.28. The number of alkyl halides is 1. The van der Waals surface area contributed by atoms with Crippen LogP contribution in [0.25, 0.3) is 0 Å². The molecule has 3 heteroatoms. The third-order valence-corrected chi connectivity index (χ3v) is 9.32. The van der Waals surface area contributed by atoms with Gasteiger partial charge in [0.2, 0.25) is 0 Å². The number of aliphatic hydroxyl groups is 1. The third kappa shape index (κ3) is 1.97. The van der Waals surface area contributed by atoms with Crippen molar-refractivity contribution >= 4 is 21.7 Å². The first-order valence-corrected chi connectivity index (χ1v) is 10.4. The minimum absolute atomic E-state index is 0.0292. The molecule has 0 radical (unpaired) electrons. The van der Waals surface area contributed by atoms with Crippen LogP contribution in [0.5, 0.6) is 0 Å². The van der Waals surface area contributed by atoms with Gasteiger partial charge in [0, 0.05) is 17.2 Å². The summed E-state index contributed by atoms with van der Waals surface area (Å²) in [6, 6.07) is 0. The van der Waals surface area contributed by atoms with E-state index >= 15 is 0 Å². The van der Waals surface area contributed by atoms with Gasteiger partial charge in [-0.25, -0.2) is 0 Å². The van der Waals surface area contributed by atoms with Crippen LogP contribution in [0.1, 0.15) is 64.7 Å². The van der Waals surface area contributed by atoms with Crippen molar-refractivity contribution in [3.05, 3.63) is 0 Å². The van der Waals surface area contributed by atoms with Crippen molar-refractivity contribution in [1.29, 1.82) is 0 Å². The lowest BCUT2D eigenvalue weighted by molar-refractivity contribution is -0.141. The van der Waals surface area contributed by atoms with Gasteiger partial charge in [0.05, 0.1) is 6.10 Å². The highest BCUT2D eigenvalue weighted by Gasteiger charge is 2.61. The maximum Gasteiger partial charge on any atom is 0.140 e. The molecule has 0 aromatic heterocycles. The van der Waals surface area contributed by atoms with Crippen LogP contribution in [0.4, 0.5) is 0 Å². The standard InChI is InChI=1S/C19H29BrO2/c1-18-8-6-13(21)10-12(18)2-3-14-15(18)7-9-19(11-20)16(14)4-5-17(19)22/h12-16,21H,2-11H2,1H3/t12?,13?,14-,15+,16+,18+,19-/m1/s1. The minimum atomic E-state index is -0.0621. The number of aliphatic hydroxyl groups excluding tert-OH is 1. The molecular weight excluding hydrogens is 340 g/mol. The maximum absolute atomic E-state index is 12.6. The molecule has 0 aliphatic heterocycles. The average molecular weight is 369 g/mol. The van der Waals surface area contributed by atoms with Crippen molar-refractivity contribution in [1.82, 2.24) is 0 Å². The topological polar surface area (TPSA) is 37.3 Å². The zero-order valence-corrected chi connectivity index (χ0v) is 15.3. The predicted octanol–water partition coefficient (Wildman–Crippen LogP) is 4.33. The number of ketones is 1. The Morgan fingerprint density at radius 2 is 1.95 bits per heavy atom. The van der Waals surface area contributed by atoms with Crippen molar-refractivity contribution in [3.63, 3.8) is 0 Å². The Morgan fingerprint density at radius 1 is 1.14 bits per heavy atom. The molecule has 4 rings (SSSR count). The van der Waals surface area contributed by atoms with Gasteiger partial charge in [-0.05, 0) is 80.5 Å². The van der Waals surface area contributed by atoms with Crippen molar-refractivity contribution in [3.8, 4) is 0 Å². The second-order valence-electron chi connectivity index (χ2n) is 8.88. The smallest absolute Gasteiger partial charge is 0.140 e. The molecule has 0 heterocycles. The van der Waals surface area contributed by atoms with Gasteiger partial charge in [0.15, 0.2) is 0 Å². The molecule has 0 saturated heterocycles. The molecule has 0 spiro atoms. The molecule has 4 fully saturated rings. The lowest BCUT2D eigenvalue weighted by atomic mass is 9.45. The molecule has 0 aromatic carbocycles. The van der Waals surface area contributed by atoms with E-state index in [1.807, 2.05) is 0 Å². The third-order valence-electron chi connectivity index (χ3n) is 8.32. The van der Waals surface area contributed by atoms with Crippen LogP contribution < -0.4 is 0 Å². The van der Waals surface area contributed by atoms with Gasteiger partial charge in [0.1, 0.15) is 5.78 Å². The maximum atomic E-state index is 12.6. The van der Waals surface area contributed by atoms with Crippen molar-refractivity contribution in [2.45, 2.75) is 70.8 Å². The summed E-state index contributed by atoms with van der Waals surface area (Å²) in [5, 5.41) is 11.0. The molecule has 2 nitrogen and oxygen atoms in total. The highest BCUT2D eigenvalue weighted by Crippen LogP contribution is 2.65. The zero-order valence-electron chi connectivity index (χ0n) is 13.7. The molecule has 124 valence electrons. The van der Waals surface area contributed by atoms with Gasteiger partial charge in [0.25, 0.3) is 0 Å². The molecule has 7 atom stereocenters. The number of Topliss-reactive ketones (excluding diaryl/α,β-unsaturated/α-hetero) is 1. The summed E-state index contributed by atoms with van der Waals surface area (Å²) in [6.45, 7) is 2.51. The van der Waals surface area contributed by atoms with E-state index in [0.29, 0.717) is 23.0 Å². The second-order valence-corrected chi connectivity index (χ2v) is 9.44. The fourth-order valence-corrected chi connectivity index (χ4v) is 8.07. The minimum Gasteiger partial charge on any atom is -0.393 e. The molecule has 22 heavy (non-hydrogen) atoms. The van der Waals surface area contributed by atoms with Crippen molar-refractivity contribution in [2.75, 3.05) is 5.33 Å². The summed E-state index contributed by atoms with van der Waals surface area (Å²) in [5.41, 5.74) is 0.394. The molecule has 4 saturated carbocycles. The molecule has 4 aliphatic rings. The SMILES string of the molecule is C[C@]12CCC(O)CC1CC[C@H]1[C@@H]3CCC(=O)[C@@]3(CBr)CC[C@@H]12. The quantitative estimate of drug-likeness (QED) is 0.699. The van der Waals surface area contributed by atoms with Gasteiger partial charge in [-0.2, -0.15) is 0 Å². The Bertz CT molecular complexity index is 478. The molecule has 1 N–H and O–H groups in total. The molecular formula is C19H29BrO2. The number of halogens is 1. The molecule has 0 bridgehead atoms. The number of carbonyl (C=O) groups excluding carboxylic acids is 1. The first kappa shape index (κ1) is 15.6. The first-order chi connectivity index (χ1) is 10.5. The Kier molecular flexibility index (Phi) is 3.77. The van der Waals surface area contributed by atoms with Crippen LogP contribution in [0, 0.1) is 34.5 Å². The average Bonchev–Trinajstić information content (AvgIpc) is 2.86. The van der Waals surface area contributed by atoms with Crippen LogP contribution in [-0.4, -0.2) is 22.3 Å². The fourth-order valence-electron chi connectivity index (χ4n) is 7.06. The molecule has 0 amide bonds. The summed E-state index contributed by atoms with van der Waals surface area (Å²) in [4.78, 5) is 12.6. The summed E-state index contributed by atoms with van der Waals surface area (Å²) in [6.07, 6.45) is 10.0. The van der Waals surface area contributed by atoms with Gasteiger partial charge in [-0.3, -0.25) is 4.79 Å². The Labute approximate surface area is 142 Å². The predicted molar refractivity (Wildman–Crippen MR) is 90.9 cm³/mol. The van der Waals surface area contributed by atoms with E-state index in [-0.39, 0.29) is 11.5 Å². The fraction of sp³-hybridized carbons (Fsp3) is 0.947. The normalized spacial score (nSPS) is 54.5. The number of hydrogen-bond donors (Lipinski definition) is 1. The van der Waals surface area contributed by atoms with E-state index in [1.54, 1.807) is 0 Å². The van der Waals surface area contributed by atoms with E-state index in [9.17, 15) is 9.90 Å². The molecule has 0 aromatic rings. The highest BCUT2D eigenvalue weighted by atomic mass is 79.9. The summed E-state index contributed by atoms with van der Waals surface area (Å²) in [7, 11) is 0. The van der Waals surface area contributed by atoms with E-state index in [4.69, 9.17) is 0 Å².